The van der Waals surface area contributed by atoms with Crippen LogP contribution in [0.25, 0.3) is 32.2 Å². The van der Waals surface area contributed by atoms with Crippen LogP contribution in [0.5, 0.6) is 11.5 Å². The van der Waals surface area contributed by atoms with E-state index >= 15 is 9.59 Å². The highest BCUT2D eigenvalue weighted by atomic mass is 32.2. The number of hydrogen-bond donors (Lipinski definition) is 3. The number of nitrogens with zero attached hydrogens (tertiary/aromatic N) is 3. The number of pyridine rings is 1. The molecule has 16 nitrogen and oxygen atoms in total. The summed E-state index contributed by atoms with van der Waals surface area (Å²) in [4.78, 5) is 77.3. The van der Waals surface area contributed by atoms with Gasteiger partial charge in [-0.3, -0.25) is 23.1 Å². The van der Waals surface area contributed by atoms with Crippen molar-refractivity contribution >= 4 is 66.2 Å². The number of nitrogens with two attached hydrogens (primary N) is 1. The molecule has 1 saturated carbocycles. The molecule has 0 spiro atoms. The second kappa shape index (κ2) is 17.5. The van der Waals surface area contributed by atoms with Crippen LogP contribution in [0.2, 0.25) is 0 Å². The Kier molecular flexibility index (Phi) is 12.1. The Morgan fingerprint density at radius 2 is 1.65 bits per heavy atom. The van der Waals surface area contributed by atoms with Gasteiger partial charge in [0.1, 0.15) is 34.8 Å². The van der Waals surface area contributed by atoms with Gasteiger partial charge in [-0.25, -0.2) is 22.9 Å². The van der Waals surface area contributed by atoms with Gasteiger partial charge in [-0.2, -0.15) is 0 Å². The third kappa shape index (κ3) is 8.78. The molecule has 2 fully saturated rings. The highest BCUT2D eigenvalue weighted by molar-refractivity contribution is 7.90. The quantitative estimate of drug-likeness (QED) is 0.114. The van der Waals surface area contributed by atoms with Crippen LogP contribution in [0.1, 0.15) is 33.6 Å². The maximum absolute atomic E-state index is 15.2. The minimum Gasteiger partial charge on any atom is -0.497 e. The van der Waals surface area contributed by atoms with Gasteiger partial charge in [0.25, 0.3) is 21.5 Å². The van der Waals surface area contributed by atoms with Crippen molar-refractivity contribution in [3.05, 3.63) is 132 Å². The number of amides is 3. The first-order chi connectivity index (χ1) is 31.4. The number of ketones is 1. The van der Waals surface area contributed by atoms with E-state index in [2.05, 4.69) is 11.9 Å². The van der Waals surface area contributed by atoms with Crippen LogP contribution in [0.4, 0.5) is 4.79 Å². The molecule has 4 aromatic carbocycles. The number of alkyl carbamates (subject to hydrolysis) is 1. The van der Waals surface area contributed by atoms with E-state index < -0.39 is 74.0 Å². The molecule has 0 radical (unpaired) electrons. The number of nitrogens with one attached hydrogen (secondary N) is 2. The molecule has 6 aromatic rings. The number of carbonyl (C=O) groups is 4. The van der Waals surface area contributed by atoms with Crippen LogP contribution in [0.3, 0.4) is 0 Å². The van der Waals surface area contributed by atoms with Crippen molar-refractivity contribution in [1.29, 1.82) is 0 Å². The Morgan fingerprint density at radius 1 is 0.970 bits per heavy atom. The largest absolute Gasteiger partial charge is 0.497 e. The van der Waals surface area contributed by atoms with Crippen LogP contribution < -0.4 is 30.8 Å². The zero-order valence-electron chi connectivity index (χ0n) is 36.6. The number of sulfonamides is 1. The zero-order chi connectivity index (χ0) is 47.2. The fraction of sp³-hybridized carbons (Fsp3) is 0.292. The topological polar surface area (TPSA) is 218 Å². The normalized spacial score (nSPS) is 20.9. The monoisotopic (exact) mass is 932 g/mol. The van der Waals surface area contributed by atoms with Crippen molar-refractivity contribution in [3.63, 3.8) is 0 Å². The fourth-order valence-corrected chi connectivity index (χ4v) is 10.5. The van der Waals surface area contributed by atoms with Gasteiger partial charge in [0.05, 0.1) is 57.8 Å². The summed E-state index contributed by atoms with van der Waals surface area (Å²) < 4.78 is 48.4. The third-order valence-corrected chi connectivity index (χ3v) is 14.2. The van der Waals surface area contributed by atoms with E-state index in [-0.39, 0.29) is 30.8 Å². The Bertz CT molecular complexity index is 3060. The number of Topliss-reactive ketones (excluding diaryl/α,β-unsaturated/α-hetero) is 1. The molecule has 2 aromatic heterocycles. The summed E-state index contributed by atoms with van der Waals surface area (Å²) in [6.45, 7) is 8.30. The van der Waals surface area contributed by atoms with E-state index in [4.69, 9.17) is 24.9 Å². The van der Waals surface area contributed by atoms with E-state index in [1.807, 2.05) is 35.1 Å². The second-order valence-electron chi connectivity index (χ2n) is 17.3. The number of benzene rings is 4. The summed E-state index contributed by atoms with van der Waals surface area (Å²) in [5.41, 5.74) is 3.33. The van der Waals surface area contributed by atoms with Crippen molar-refractivity contribution in [2.45, 2.75) is 74.4 Å². The predicted molar refractivity (Wildman–Crippen MR) is 248 cm³/mol. The molecule has 2 aliphatic rings. The van der Waals surface area contributed by atoms with Gasteiger partial charge in [0.2, 0.25) is 5.91 Å². The molecule has 1 aliphatic heterocycles. The number of hydrogen-bond acceptors (Lipinski definition) is 13. The minimum atomic E-state index is -4.40. The average Bonchev–Trinajstić information content (AvgIpc) is 3.54. The Hall–Kier alpha value is -6.89. The lowest BCUT2D eigenvalue weighted by Crippen LogP contribution is -2.56. The molecule has 4 N–H and O–H groups in total. The second-order valence-corrected chi connectivity index (χ2v) is 20.1. The third-order valence-electron chi connectivity index (χ3n) is 11.8. The Balaban J connectivity index is 1.18. The molecular weight excluding hydrogens is 885 g/mol. The average molecular weight is 933 g/mol. The van der Waals surface area contributed by atoms with Crippen molar-refractivity contribution in [1.82, 2.24) is 23.9 Å². The smallest absolute Gasteiger partial charge is 0.408 e. The van der Waals surface area contributed by atoms with Crippen molar-refractivity contribution in [2.75, 3.05) is 13.7 Å². The number of aromatic nitrogens is 2. The number of rotatable bonds is 14. The van der Waals surface area contributed by atoms with Gasteiger partial charge < -0.3 is 30.2 Å². The SMILES string of the molecule is C=C[C@@]1(C(=O)[C@@H]2C[C@@H](Oc3cc(-c4ccccc4)nc4cc(OC)ccc34)CN2C(=O)[C@H](Cn2sc3ccccc3c2=O)NC(=O)OC(C)(C)C)C[C@]1(N)C(=O)NS(=O)(=O)c1ccccc1. The van der Waals surface area contributed by atoms with Crippen LogP contribution in [0.15, 0.2) is 132 Å². The molecule has 0 unspecified atom stereocenters. The number of fused-ring (bicyclic) bond motifs is 2. The van der Waals surface area contributed by atoms with E-state index in [1.165, 1.54) is 39.2 Å². The van der Waals surface area contributed by atoms with E-state index in [9.17, 15) is 22.8 Å². The number of likely N-dealkylation sites (tertiary alicyclic amines) is 1. The Labute approximate surface area is 384 Å². The maximum Gasteiger partial charge on any atom is 0.408 e. The molecule has 8 rings (SSSR count). The first kappa shape index (κ1) is 45.7. The molecule has 3 heterocycles. The summed E-state index contributed by atoms with van der Waals surface area (Å²) >= 11 is 1.10. The van der Waals surface area contributed by atoms with Gasteiger partial charge in [-0.05, 0) is 63.6 Å². The molecule has 342 valence electrons. The van der Waals surface area contributed by atoms with Crippen molar-refractivity contribution < 1.29 is 41.8 Å². The summed E-state index contributed by atoms with van der Waals surface area (Å²) in [6.07, 6.45) is -1.06. The lowest BCUT2D eigenvalue weighted by atomic mass is 9.88. The number of ether oxygens (including phenoxy) is 3. The zero-order valence-corrected chi connectivity index (χ0v) is 38.2. The van der Waals surface area contributed by atoms with Crippen LogP contribution in [0, 0.1) is 5.41 Å². The van der Waals surface area contributed by atoms with Crippen LogP contribution in [-0.2, 0) is 35.7 Å². The highest BCUT2D eigenvalue weighted by Crippen LogP contribution is 2.58. The lowest BCUT2D eigenvalue weighted by molar-refractivity contribution is -0.141. The summed E-state index contributed by atoms with van der Waals surface area (Å²) in [7, 11) is -2.86. The molecule has 3 amide bonds. The van der Waals surface area contributed by atoms with Gasteiger partial charge in [0, 0.05) is 29.5 Å². The molecule has 1 aliphatic carbocycles. The molecule has 18 heteroatoms. The maximum atomic E-state index is 15.2. The fourth-order valence-electron chi connectivity index (χ4n) is 8.36. The summed E-state index contributed by atoms with van der Waals surface area (Å²) in [5.74, 6) is -1.65. The van der Waals surface area contributed by atoms with E-state index in [0.717, 1.165) is 17.1 Å². The lowest BCUT2D eigenvalue weighted by Gasteiger charge is -2.31. The van der Waals surface area contributed by atoms with Crippen LogP contribution in [-0.4, -0.2) is 88.9 Å². The van der Waals surface area contributed by atoms with Crippen molar-refractivity contribution in [2.24, 2.45) is 11.1 Å². The number of carbonyl (C=O) groups excluding carboxylic acids is 4. The van der Waals surface area contributed by atoms with Gasteiger partial charge in [-0.1, -0.05) is 78.3 Å². The van der Waals surface area contributed by atoms with Gasteiger partial charge in [-0.15, -0.1) is 6.58 Å². The first-order valence-corrected chi connectivity index (χ1v) is 23.3. The van der Waals surface area contributed by atoms with E-state index in [1.54, 1.807) is 82.5 Å². The molecule has 0 bridgehead atoms. The van der Waals surface area contributed by atoms with Gasteiger partial charge >= 0.3 is 6.09 Å². The minimum absolute atomic E-state index is 0.122. The van der Waals surface area contributed by atoms with Gasteiger partial charge in [0.15, 0.2) is 5.78 Å². The molecule has 66 heavy (non-hydrogen) atoms. The Morgan fingerprint density at radius 3 is 2.32 bits per heavy atom. The molecule has 1 saturated heterocycles. The molecular formula is C48H48N6O10S2. The summed E-state index contributed by atoms with van der Waals surface area (Å²) in [6, 6.07) is 27.8. The predicted octanol–water partition coefficient (Wildman–Crippen LogP) is 5.58. The molecule has 5 atom stereocenters. The number of methoxy groups -OCH3 is 1. The summed E-state index contributed by atoms with van der Waals surface area (Å²) in [5, 5.41) is 3.67. The highest BCUT2D eigenvalue weighted by Gasteiger charge is 2.74. The van der Waals surface area contributed by atoms with Crippen LogP contribution >= 0.6 is 11.5 Å². The standard InChI is InChI=1S/C48H48N6O10S2/c1-6-47(28-48(47,49)44(58)52-66(60,61)32-17-11-8-12-18-32)41(55)38-24-31(63-39-25-35(29-15-9-7-10-16-29)50-36-23-30(62-5)21-22-33(36)39)26-53(38)43(57)37(51-45(59)64-46(2,3)4)27-54-42(56)34-19-13-14-20-40(34)65-54/h6-23,25,31,37-38H,1,24,26-28,49H2,2-5H3,(H,51,59)(H,52,58)/t31-,37+,38+,47+,48+/m1/s1. The first-order valence-electron chi connectivity index (χ1n) is 21.1. The van der Waals surface area contributed by atoms with Crippen molar-refractivity contribution in [3.8, 4) is 22.8 Å². The van der Waals surface area contributed by atoms with E-state index in [0.29, 0.717) is 38.2 Å².